The fraction of sp³-hybridized carbons (Fsp3) is 0.750. The van der Waals surface area contributed by atoms with Gasteiger partial charge in [0.2, 0.25) is 12.0 Å². The van der Waals surface area contributed by atoms with Gasteiger partial charge in [-0.2, -0.15) is 0 Å². The van der Waals surface area contributed by atoms with E-state index < -0.39 is 79.6 Å². The first-order valence-electron chi connectivity index (χ1n) is 8.66. The van der Waals surface area contributed by atoms with E-state index in [4.69, 9.17) is 24.1 Å². The predicted molar refractivity (Wildman–Crippen MR) is 86.3 cm³/mol. The van der Waals surface area contributed by atoms with Gasteiger partial charge in [-0.05, 0) is 6.42 Å². The van der Waals surface area contributed by atoms with Crippen LogP contribution in [0.15, 0.2) is 11.5 Å². The van der Waals surface area contributed by atoms with Gasteiger partial charge in [0.15, 0.2) is 11.9 Å². The molecule has 2 heterocycles. The first-order chi connectivity index (χ1) is 13.2. The number of aliphatic hydroxyl groups excluding tert-OH is 6. The molecule has 0 amide bonds. The van der Waals surface area contributed by atoms with Gasteiger partial charge in [0, 0.05) is 6.42 Å². The average Bonchev–Trinajstić information content (AvgIpc) is 2.94. The lowest BCUT2D eigenvalue weighted by Gasteiger charge is -2.39. The molecular weight excluding hydrogens is 384 g/mol. The van der Waals surface area contributed by atoms with Crippen LogP contribution in [0.1, 0.15) is 19.8 Å². The lowest BCUT2D eigenvalue weighted by atomic mass is 9.99. The van der Waals surface area contributed by atoms with Crippen molar-refractivity contribution < 1.29 is 59.2 Å². The molecule has 0 aromatic heterocycles. The molecule has 2 unspecified atom stereocenters. The van der Waals surface area contributed by atoms with E-state index in [1.54, 1.807) is 6.92 Å². The number of cyclic esters (lactones) is 1. The number of carbonyl (C=O) groups excluding carboxylic acids is 2. The monoisotopic (exact) mass is 408 g/mol. The molecule has 28 heavy (non-hydrogen) atoms. The van der Waals surface area contributed by atoms with Gasteiger partial charge in [0.25, 0.3) is 0 Å². The molecule has 1 fully saturated rings. The number of hydrogen-bond donors (Lipinski definition) is 6. The summed E-state index contributed by atoms with van der Waals surface area (Å²) in [6.45, 7) is 0.493. The summed E-state index contributed by atoms with van der Waals surface area (Å²) in [6.07, 6.45) is -10.7. The summed E-state index contributed by atoms with van der Waals surface area (Å²) in [4.78, 5) is 23.3. The molecule has 2 aliphatic heterocycles. The standard InChI is InChI=1S/C16H24O12/c1-2-3-8(19)25-5-6(18)13-12(23)14(15(24)27-13)28-16-11(22)10(21)9(20)7(4-17)26-16/h6-7,9-11,13,16-18,20-23H,2-5H2,1H3/t6-,7?,9+,10?,11-,13+,16-/m0/s1. The van der Waals surface area contributed by atoms with Crippen LogP contribution in [0.25, 0.3) is 0 Å². The summed E-state index contributed by atoms with van der Waals surface area (Å²) in [6, 6.07) is 0. The highest BCUT2D eigenvalue weighted by Crippen LogP contribution is 2.29. The van der Waals surface area contributed by atoms with Crippen molar-refractivity contribution >= 4 is 11.9 Å². The second kappa shape index (κ2) is 9.49. The molecule has 0 radical (unpaired) electrons. The van der Waals surface area contributed by atoms with Gasteiger partial charge in [-0.15, -0.1) is 0 Å². The molecule has 12 nitrogen and oxygen atoms in total. The van der Waals surface area contributed by atoms with Crippen molar-refractivity contribution in [2.45, 2.75) is 62.7 Å². The van der Waals surface area contributed by atoms with Crippen LogP contribution >= 0.6 is 0 Å². The van der Waals surface area contributed by atoms with E-state index in [1.807, 2.05) is 0 Å². The number of aliphatic hydroxyl groups is 6. The Morgan fingerprint density at radius 2 is 1.89 bits per heavy atom. The molecule has 0 saturated carbocycles. The van der Waals surface area contributed by atoms with E-state index >= 15 is 0 Å². The molecular formula is C16H24O12. The Labute approximate surface area is 159 Å². The maximum atomic E-state index is 11.9. The van der Waals surface area contributed by atoms with Gasteiger partial charge in [-0.1, -0.05) is 6.92 Å². The highest BCUT2D eigenvalue weighted by atomic mass is 16.7. The lowest BCUT2D eigenvalue weighted by molar-refractivity contribution is -0.291. The Morgan fingerprint density at radius 1 is 1.21 bits per heavy atom. The summed E-state index contributed by atoms with van der Waals surface area (Å²) in [5.41, 5.74) is 0. The molecule has 1 saturated heterocycles. The minimum Gasteiger partial charge on any atom is -0.505 e. The van der Waals surface area contributed by atoms with Crippen LogP contribution in [0.2, 0.25) is 0 Å². The van der Waals surface area contributed by atoms with E-state index in [9.17, 15) is 35.1 Å². The largest absolute Gasteiger partial charge is 0.505 e. The molecule has 0 aliphatic carbocycles. The molecule has 160 valence electrons. The zero-order valence-electron chi connectivity index (χ0n) is 15.0. The van der Waals surface area contributed by atoms with Crippen molar-refractivity contribution in [2.75, 3.05) is 13.2 Å². The Balaban J connectivity index is 2.05. The van der Waals surface area contributed by atoms with Crippen LogP contribution in [-0.4, -0.2) is 98.7 Å². The lowest BCUT2D eigenvalue weighted by Crippen LogP contribution is -2.59. The van der Waals surface area contributed by atoms with Crippen molar-refractivity contribution in [3.05, 3.63) is 11.5 Å². The minimum absolute atomic E-state index is 0.129. The van der Waals surface area contributed by atoms with Gasteiger partial charge in [-0.3, -0.25) is 4.79 Å². The molecule has 0 bridgehead atoms. The van der Waals surface area contributed by atoms with Crippen LogP contribution in [0.4, 0.5) is 0 Å². The normalized spacial score (nSPS) is 34.1. The molecule has 0 spiro atoms. The summed E-state index contributed by atoms with van der Waals surface area (Å²) in [7, 11) is 0. The molecule has 0 aromatic carbocycles. The average molecular weight is 408 g/mol. The number of hydrogen-bond acceptors (Lipinski definition) is 12. The first-order valence-corrected chi connectivity index (χ1v) is 8.66. The number of esters is 2. The van der Waals surface area contributed by atoms with Gasteiger partial charge >= 0.3 is 11.9 Å². The van der Waals surface area contributed by atoms with E-state index in [2.05, 4.69) is 0 Å². The van der Waals surface area contributed by atoms with Crippen LogP contribution in [-0.2, 0) is 28.5 Å². The highest BCUT2D eigenvalue weighted by Gasteiger charge is 2.48. The summed E-state index contributed by atoms with van der Waals surface area (Å²) in [5.74, 6) is -3.40. The molecule has 6 N–H and O–H groups in total. The zero-order chi connectivity index (χ0) is 21.0. The fourth-order valence-electron chi connectivity index (χ4n) is 2.65. The highest BCUT2D eigenvalue weighted by molar-refractivity contribution is 5.89. The Bertz CT molecular complexity index is 602. The Kier molecular flexibility index (Phi) is 7.57. The number of carbonyl (C=O) groups is 2. The van der Waals surface area contributed by atoms with Gasteiger partial charge < -0.3 is 49.6 Å². The number of rotatable bonds is 8. The Morgan fingerprint density at radius 3 is 2.50 bits per heavy atom. The van der Waals surface area contributed by atoms with Gasteiger partial charge in [0.1, 0.15) is 37.1 Å². The van der Waals surface area contributed by atoms with Crippen molar-refractivity contribution in [1.29, 1.82) is 0 Å². The molecule has 7 atom stereocenters. The third-order valence-corrected chi connectivity index (χ3v) is 4.22. The molecule has 0 aromatic rings. The molecule has 12 heteroatoms. The van der Waals surface area contributed by atoms with Crippen LogP contribution in [0.5, 0.6) is 0 Å². The van der Waals surface area contributed by atoms with E-state index in [1.165, 1.54) is 0 Å². The summed E-state index contributed by atoms with van der Waals surface area (Å²) < 4.78 is 19.7. The topological polar surface area (TPSA) is 192 Å². The van der Waals surface area contributed by atoms with Crippen LogP contribution in [0, 0.1) is 0 Å². The smallest absolute Gasteiger partial charge is 0.378 e. The van der Waals surface area contributed by atoms with Crippen molar-refractivity contribution in [3.63, 3.8) is 0 Å². The van der Waals surface area contributed by atoms with Crippen LogP contribution < -0.4 is 0 Å². The maximum Gasteiger partial charge on any atom is 0.378 e. The molecule has 2 rings (SSSR count). The zero-order valence-corrected chi connectivity index (χ0v) is 15.0. The molecule has 2 aliphatic rings. The number of ether oxygens (including phenoxy) is 4. The minimum atomic E-state index is -1.81. The third-order valence-electron chi connectivity index (χ3n) is 4.22. The van der Waals surface area contributed by atoms with Gasteiger partial charge in [-0.25, -0.2) is 4.79 Å². The quantitative estimate of drug-likeness (QED) is 0.226. The first kappa shape index (κ1) is 22.3. The van der Waals surface area contributed by atoms with E-state index in [-0.39, 0.29) is 6.42 Å². The van der Waals surface area contributed by atoms with E-state index in [0.717, 1.165) is 0 Å². The third kappa shape index (κ3) is 4.71. The van der Waals surface area contributed by atoms with Crippen molar-refractivity contribution in [3.8, 4) is 0 Å². The van der Waals surface area contributed by atoms with Crippen LogP contribution in [0.3, 0.4) is 0 Å². The second-order valence-electron chi connectivity index (χ2n) is 6.36. The predicted octanol–water partition coefficient (Wildman–Crippen LogP) is -2.80. The summed E-state index contributed by atoms with van der Waals surface area (Å²) in [5, 5.41) is 58.6. The van der Waals surface area contributed by atoms with Gasteiger partial charge in [0.05, 0.1) is 6.61 Å². The van der Waals surface area contributed by atoms with Crippen molar-refractivity contribution in [1.82, 2.24) is 0 Å². The fourth-order valence-corrected chi connectivity index (χ4v) is 2.65. The SMILES string of the molecule is CCCC(=O)OC[C@H](O)[C@H]1OC(=O)C(O[C@@H]2OC(CO)[C@@H](O)C(O)[C@@H]2O)=C1O. The maximum absolute atomic E-state index is 11.9. The van der Waals surface area contributed by atoms with Crippen molar-refractivity contribution in [2.24, 2.45) is 0 Å². The Hall–Kier alpha value is -1.96. The van der Waals surface area contributed by atoms with E-state index in [0.29, 0.717) is 6.42 Å². The second-order valence-corrected chi connectivity index (χ2v) is 6.36. The summed E-state index contributed by atoms with van der Waals surface area (Å²) >= 11 is 0.